The summed E-state index contributed by atoms with van der Waals surface area (Å²) in [6, 6.07) is 26.7. The van der Waals surface area contributed by atoms with Crippen LogP contribution >= 0.6 is 11.6 Å². The number of β-amino-alcohol motifs (C(OH)–C–C–N with tert-alkyl or cyclic N) is 1. The second kappa shape index (κ2) is 27.3. The van der Waals surface area contributed by atoms with Gasteiger partial charge in [0.15, 0.2) is 23.0 Å². The molecule has 6 rings (SSSR count). The van der Waals surface area contributed by atoms with Gasteiger partial charge in [0.2, 0.25) is 11.8 Å². The number of halogens is 1. The predicted octanol–water partition coefficient (Wildman–Crippen LogP) is 5.13. The minimum Gasteiger partial charge on any atom is -0.493 e. The Labute approximate surface area is 378 Å². The first-order valence-electron chi connectivity index (χ1n) is 21.4. The van der Waals surface area contributed by atoms with Crippen LogP contribution in [0, 0.1) is 27.7 Å². The number of hydrogen-bond acceptors (Lipinski definition) is 12. The van der Waals surface area contributed by atoms with Gasteiger partial charge >= 0.3 is 0 Å². The van der Waals surface area contributed by atoms with Crippen LogP contribution < -0.4 is 34.9 Å². The summed E-state index contributed by atoms with van der Waals surface area (Å²) in [7, 11) is 3.17. The Hall–Kier alpha value is -4.93. The lowest BCUT2D eigenvalue weighted by molar-refractivity contribution is -0.118. The number of piperazine rings is 2. The number of carbonyl (C=O) groups excluding carboxylic acids is 2. The summed E-state index contributed by atoms with van der Waals surface area (Å²) >= 11 is 5.43. The first kappa shape index (κ1) is 50.7. The fourth-order valence-electron chi connectivity index (χ4n) is 7.03. The number of rotatable bonds is 17. The highest BCUT2D eigenvalue weighted by atomic mass is 35.5. The van der Waals surface area contributed by atoms with E-state index in [4.69, 9.17) is 30.5 Å². The molecule has 344 valence electrons. The Morgan fingerprint density at radius 3 is 1.38 bits per heavy atom. The lowest BCUT2D eigenvalue weighted by atomic mass is 10.1. The van der Waals surface area contributed by atoms with Crippen molar-refractivity contribution < 1.29 is 38.7 Å². The van der Waals surface area contributed by atoms with E-state index >= 15 is 0 Å². The van der Waals surface area contributed by atoms with Gasteiger partial charge in [0, 0.05) is 70.3 Å². The first-order valence-corrected chi connectivity index (χ1v) is 22.0. The summed E-state index contributed by atoms with van der Waals surface area (Å²) < 4.78 is 21.4. The molecule has 15 heteroatoms. The van der Waals surface area contributed by atoms with Gasteiger partial charge in [0.05, 0.1) is 33.2 Å². The van der Waals surface area contributed by atoms with Gasteiger partial charge in [-0.15, -0.1) is 11.6 Å². The summed E-state index contributed by atoms with van der Waals surface area (Å²) in [6.07, 6.45) is -1.25. The Balaban J connectivity index is 0.000000230. The average Bonchev–Trinajstić information content (AvgIpc) is 3.29. The van der Waals surface area contributed by atoms with Crippen LogP contribution in [0.15, 0.2) is 84.9 Å². The van der Waals surface area contributed by atoms with Gasteiger partial charge in [0.25, 0.3) is 0 Å². The number of hydrogen-bond donors (Lipinski definition) is 5. The SMILES string of the molecule is COc1ccccc1OCC(O)CCl.COc1ccccc1OCC(O)CN1CCN(CC(=O)Nc2c(C)cccc2C)CC1.Cc1cccc(C)c1NC(=O)CN1CCNCC1. The maximum Gasteiger partial charge on any atom is 0.238 e. The van der Waals surface area contributed by atoms with E-state index in [1.165, 1.54) is 0 Å². The maximum absolute atomic E-state index is 12.5. The van der Waals surface area contributed by atoms with Gasteiger partial charge in [-0.05, 0) is 74.2 Å². The Morgan fingerprint density at radius 1 is 0.587 bits per heavy atom. The van der Waals surface area contributed by atoms with Crippen LogP contribution in [-0.4, -0.2) is 154 Å². The van der Waals surface area contributed by atoms with Gasteiger partial charge in [-0.3, -0.25) is 24.3 Å². The van der Waals surface area contributed by atoms with Crippen molar-refractivity contribution in [1.29, 1.82) is 0 Å². The minimum absolute atomic E-state index is 0.0103. The molecule has 0 saturated carbocycles. The molecule has 2 saturated heterocycles. The fourth-order valence-corrected chi connectivity index (χ4v) is 7.12. The lowest BCUT2D eigenvalue weighted by Crippen LogP contribution is -2.50. The van der Waals surface area contributed by atoms with Crippen molar-refractivity contribution in [2.24, 2.45) is 0 Å². The molecule has 2 unspecified atom stereocenters. The number of anilines is 2. The zero-order chi connectivity index (χ0) is 45.6. The van der Waals surface area contributed by atoms with Crippen LogP contribution in [-0.2, 0) is 9.59 Å². The number of nitrogens with one attached hydrogen (secondary N) is 3. The van der Waals surface area contributed by atoms with E-state index in [2.05, 4.69) is 30.7 Å². The van der Waals surface area contributed by atoms with E-state index in [9.17, 15) is 19.8 Å². The number of amides is 2. The van der Waals surface area contributed by atoms with Crippen LogP contribution in [0.4, 0.5) is 11.4 Å². The van der Waals surface area contributed by atoms with Crippen molar-refractivity contribution in [2.45, 2.75) is 39.9 Å². The molecule has 2 atom stereocenters. The molecule has 2 fully saturated rings. The summed E-state index contributed by atoms with van der Waals surface area (Å²) in [6.45, 7) is 16.9. The van der Waals surface area contributed by atoms with Crippen LogP contribution in [0.2, 0.25) is 0 Å². The fraction of sp³-hybridized carbons (Fsp3) is 0.458. The summed E-state index contributed by atoms with van der Waals surface area (Å²) in [5, 5.41) is 28.9. The van der Waals surface area contributed by atoms with Crippen LogP contribution in [0.1, 0.15) is 22.3 Å². The molecule has 0 radical (unpaired) electrons. The number of aliphatic hydroxyl groups excluding tert-OH is 2. The smallest absolute Gasteiger partial charge is 0.238 e. The number of ether oxygens (including phenoxy) is 4. The van der Waals surface area contributed by atoms with Crippen molar-refractivity contribution in [1.82, 2.24) is 20.0 Å². The molecular weight excluding hydrogens is 824 g/mol. The highest BCUT2D eigenvalue weighted by molar-refractivity contribution is 6.18. The van der Waals surface area contributed by atoms with Crippen LogP contribution in [0.5, 0.6) is 23.0 Å². The standard InChI is InChI=1S/C24H33N3O4.C14H21N3O.C10H13ClO3/c1-18-7-6-8-19(2)24(18)25-23(29)16-27-13-11-26(12-14-27)15-20(28)17-31-22-10-5-4-9-21(22)30-3;1-11-4-3-5-12(2)14(11)16-13(18)10-17-8-6-15-7-9-17;1-13-9-4-2-3-5-10(9)14-7-8(12)6-11/h4-10,20,28H,11-17H2,1-3H3,(H,25,29);3-5,15H,6-10H2,1-2H3,(H,16,18);2-5,8,12H,6-7H2,1H3. The summed E-state index contributed by atoms with van der Waals surface area (Å²) in [5.41, 5.74) is 6.24. The minimum atomic E-state index is -0.651. The first-order chi connectivity index (χ1) is 30.4. The highest BCUT2D eigenvalue weighted by Gasteiger charge is 2.22. The summed E-state index contributed by atoms with van der Waals surface area (Å²) in [5.74, 6) is 2.79. The van der Waals surface area contributed by atoms with Crippen LogP contribution in [0.25, 0.3) is 0 Å². The largest absolute Gasteiger partial charge is 0.493 e. The van der Waals surface area contributed by atoms with Crippen molar-refractivity contribution in [3.8, 4) is 23.0 Å². The number of aryl methyl sites for hydroxylation is 4. The van der Waals surface area contributed by atoms with E-state index in [0.717, 1.165) is 86.0 Å². The van der Waals surface area contributed by atoms with Crippen molar-refractivity contribution in [2.75, 3.05) is 116 Å². The molecular formula is C48H67ClN6O8. The Bertz CT molecular complexity index is 1950. The van der Waals surface area contributed by atoms with Gasteiger partial charge in [-0.25, -0.2) is 0 Å². The van der Waals surface area contributed by atoms with Crippen LogP contribution in [0.3, 0.4) is 0 Å². The average molecular weight is 892 g/mol. The van der Waals surface area contributed by atoms with E-state index < -0.39 is 12.2 Å². The number of carbonyl (C=O) groups is 2. The topological polar surface area (TPSA) is 157 Å². The number of alkyl halides is 1. The maximum atomic E-state index is 12.5. The molecule has 14 nitrogen and oxygen atoms in total. The zero-order valence-corrected chi connectivity index (χ0v) is 38.5. The number of benzene rings is 4. The Morgan fingerprint density at radius 2 is 0.968 bits per heavy atom. The van der Waals surface area contributed by atoms with Gasteiger partial charge < -0.3 is 45.1 Å². The third kappa shape index (κ3) is 17.6. The molecule has 63 heavy (non-hydrogen) atoms. The third-order valence-corrected chi connectivity index (χ3v) is 10.9. The van der Waals surface area contributed by atoms with E-state index in [1.807, 2.05) is 100 Å². The quantitative estimate of drug-likeness (QED) is 0.0893. The van der Waals surface area contributed by atoms with Gasteiger partial charge in [-0.1, -0.05) is 60.7 Å². The molecule has 2 aliphatic rings. The number of aliphatic hydroxyl groups is 2. The van der Waals surface area contributed by atoms with E-state index in [1.54, 1.807) is 26.4 Å². The molecule has 0 aliphatic carbocycles. The van der Waals surface area contributed by atoms with Gasteiger partial charge in [0.1, 0.15) is 25.4 Å². The number of nitrogens with zero attached hydrogens (tertiary/aromatic N) is 3. The normalized spacial score (nSPS) is 15.3. The molecule has 4 aromatic rings. The van der Waals surface area contributed by atoms with E-state index in [-0.39, 0.29) is 30.9 Å². The third-order valence-electron chi connectivity index (χ3n) is 10.5. The molecule has 0 spiro atoms. The number of para-hydroxylation sites is 6. The second-order valence-corrected chi connectivity index (χ2v) is 15.9. The lowest BCUT2D eigenvalue weighted by Gasteiger charge is -2.35. The van der Waals surface area contributed by atoms with Gasteiger partial charge in [-0.2, -0.15) is 0 Å². The molecule has 5 N–H and O–H groups in total. The molecule has 2 amide bonds. The monoisotopic (exact) mass is 890 g/mol. The molecule has 2 aliphatic heterocycles. The zero-order valence-electron chi connectivity index (χ0n) is 37.7. The van der Waals surface area contributed by atoms with E-state index in [0.29, 0.717) is 42.6 Å². The number of methoxy groups -OCH3 is 2. The summed E-state index contributed by atoms with van der Waals surface area (Å²) in [4.78, 5) is 31.0. The Kier molecular flexibility index (Phi) is 22.0. The van der Waals surface area contributed by atoms with Crippen molar-refractivity contribution in [3.05, 3.63) is 107 Å². The van der Waals surface area contributed by atoms with Crippen molar-refractivity contribution in [3.63, 3.8) is 0 Å². The molecule has 2 heterocycles. The molecule has 0 aromatic heterocycles. The molecule has 4 aromatic carbocycles. The predicted molar refractivity (Wildman–Crippen MR) is 251 cm³/mol. The second-order valence-electron chi connectivity index (χ2n) is 15.6. The molecule has 0 bridgehead atoms. The van der Waals surface area contributed by atoms with Crippen molar-refractivity contribution >= 4 is 34.8 Å². The highest BCUT2D eigenvalue weighted by Crippen LogP contribution is 2.27.